The summed E-state index contributed by atoms with van der Waals surface area (Å²) >= 11 is 0. The van der Waals surface area contributed by atoms with Gasteiger partial charge in [0.25, 0.3) is 0 Å². The highest BCUT2D eigenvalue weighted by Gasteiger charge is 2.25. The number of rotatable bonds is 2. The number of benzene rings is 1. The fourth-order valence-corrected chi connectivity index (χ4v) is 2.01. The summed E-state index contributed by atoms with van der Waals surface area (Å²) < 4.78 is 18.8. The number of alkyl halides is 1. The summed E-state index contributed by atoms with van der Waals surface area (Å²) in [5.74, 6) is 0.784. The van der Waals surface area contributed by atoms with Gasteiger partial charge in [-0.2, -0.15) is 0 Å². The van der Waals surface area contributed by atoms with Gasteiger partial charge < -0.3 is 10.1 Å². The van der Waals surface area contributed by atoms with Crippen LogP contribution in [-0.2, 0) is 0 Å². The van der Waals surface area contributed by atoms with Crippen molar-refractivity contribution < 1.29 is 9.13 Å². The van der Waals surface area contributed by atoms with Gasteiger partial charge in [-0.1, -0.05) is 12.1 Å². The fraction of sp³-hybridized carbons (Fsp3) is 0.500. The van der Waals surface area contributed by atoms with E-state index in [1.165, 1.54) is 0 Å². The lowest BCUT2D eigenvalue weighted by Crippen LogP contribution is -2.35. The molecule has 0 aliphatic carbocycles. The Hall–Kier alpha value is -0.800. The first kappa shape index (κ1) is 13.3. The van der Waals surface area contributed by atoms with Crippen molar-refractivity contribution in [3.63, 3.8) is 0 Å². The van der Waals surface area contributed by atoms with E-state index in [0.717, 1.165) is 24.3 Å². The minimum absolute atomic E-state index is 0. The Morgan fingerprint density at radius 1 is 1.44 bits per heavy atom. The molecule has 2 unspecified atom stereocenters. The van der Waals surface area contributed by atoms with Crippen molar-refractivity contribution in [3.05, 3.63) is 29.8 Å². The van der Waals surface area contributed by atoms with Gasteiger partial charge in [-0.25, -0.2) is 4.39 Å². The quantitative estimate of drug-likeness (QED) is 0.865. The molecular weight excluding hydrogens is 229 g/mol. The molecule has 1 aliphatic heterocycles. The van der Waals surface area contributed by atoms with Crippen LogP contribution in [0.5, 0.6) is 5.75 Å². The van der Waals surface area contributed by atoms with E-state index < -0.39 is 6.17 Å². The summed E-state index contributed by atoms with van der Waals surface area (Å²) in [5.41, 5.74) is 0.974. The van der Waals surface area contributed by atoms with E-state index in [9.17, 15) is 4.39 Å². The van der Waals surface area contributed by atoms with Gasteiger partial charge >= 0.3 is 0 Å². The zero-order valence-corrected chi connectivity index (χ0v) is 10.1. The minimum atomic E-state index is -0.786. The molecule has 1 saturated heterocycles. The van der Waals surface area contributed by atoms with E-state index in [-0.39, 0.29) is 18.4 Å². The Balaban J connectivity index is 0.00000128. The molecule has 2 nitrogen and oxygen atoms in total. The molecule has 1 N–H and O–H groups in total. The summed E-state index contributed by atoms with van der Waals surface area (Å²) in [4.78, 5) is 0. The molecule has 0 amide bonds. The summed E-state index contributed by atoms with van der Waals surface area (Å²) in [6, 6.07) is 7.44. The van der Waals surface area contributed by atoms with Crippen LogP contribution < -0.4 is 10.1 Å². The monoisotopic (exact) mass is 245 g/mol. The first-order valence-electron chi connectivity index (χ1n) is 5.32. The Morgan fingerprint density at radius 2 is 2.25 bits per heavy atom. The average molecular weight is 246 g/mol. The third-order valence-electron chi connectivity index (χ3n) is 2.84. The molecule has 4 heteroatoms. The maximum atomic E-state index is 13.7. The smallest absolute Gasteiger partial charge is 0.120 e. The Morgan fingerprint density at radius 3 is 2.94 bits per heavy atom. The van der Waals surface area contributed by atoms with Gasteiger partial charge in [-0.3, -0.25) is 0 Å². The van der Waals surface area contributed by atoms with Crippen LogP contribution in [0.3, 0.4) is 0 Å². The summed E-state index contributed by atoms with van der Waals surface area (Å²) in [6.45, 7) is 0.891. The predicted octanol–water partition coefficient (Wildman–Crippen LogP) is 2.88. The van der Waals surface area contributed by atoms with Crippen molar-refractivity contribution in [2.45, 2.75) is 25.1 Å². The SMILES string of the molecule is COc1cccc(C2NCCCC2F)c1.Cl. The summed E-state index contributed by atoms with van der Waals surface area (Å²) in [6.07, 6.45) is 0.780. The second-order valence-corrected chi connectivity index (χ2v) is 3.87. The maximum Gasteiger partial charge on any atom is 0.120 e. The van der Waals surface area contributed by atoms with E-state index in [1.807, 2.05) is 24.3 Å². The third kappa shape index (κ3) is 2.86. The normalized spacial score (nSPS) is 24.6. The molecule has 1 aromatic rings. The van der Waals surface area contributed by atoms with Crippen LogP contribution >= 0.6 is 12.4 Å². The Bertz CT molecular complexity index is 335. The molecule has 0 spiro atoms. The summed E-state index contributed by atoms with van der Waals surface area (Å²) in [7, 11) is 1.63. The summed E-state index contributed by atoms with van der Waals surface area (Å²) in [5, 5.41) is 3.21. The van der Waals surface area contributed by atoms with Gasteiger partial charge in [0.05, 0.1) is 13.2 Å². The second-order valence-electron chi connectivity index (χ2n) is 3.87. The molecule has 1 fully saturated rings. The van der Waals surface area contributed by atoms with Crippen LogP contribution in [0.15, 0.2) is 24.3 Å². The number of methoxy groups -OCH3 is 1. The van der Waals surface area contributed by atoms with Gasteiger partial charge in [0.1, 0.15) is 11.9 Å². The lowest BCUT2D eigenvalue weighted by atomic mass is 9.96. The predicted molar refractivity (Wildman–Crippen MR) is 65.1 cm³/mol. The number of hydrogen-bond donors (Lipinski definition) is 1. The van der Waals surface area contributed by atoms with Crippen LogP contribution in [0, 0.1) is 0 Å². The van der Waals surface area contributed by atoms with Crippen LogP contribution in [0.4, 0.5) is 4.39 Å². The highest BCUT2D eigenvalue weighted by molar-refractivity contribution is 5.85. The van der Waals surface area contributed by atoms with Crippen LogP contribution in [0.1, 0.15) is 24.4 Å². The van der Waals surface area contributed by atoms with Crippen LogP contribution in [-0.4, -0.2) is 19.8 Å². The standard InChI is InChI=1S/C12H16FNO.ClH/c1-15-10-5-2-4-9(8-10)12-11(13)6-3-7-14-12;/h2,4-5,8,11-12,14H,3,6-7H2,1H3;1H. The van der Waals surface area contributed by atoms with Crippen molar-refractivity contribution in [2.24, 2.45) is 0 Å². The van der Waals surface area contributed by atoms with Crippen LogP contribution in [0.2, 0.25) is 0 Å². The largest absolute Gasteiger partial charge is 0.497 e. The molecule has 1 aromatic carbocycles. The molecule has 1 heterocycles. The topological polar surface area (TPSA) is 21.3 Å². The fourth-order valence-electron chi connectivity index (χ4n) is 2.01. The van der Waals surface area contributed by atoms with Crippen LogP contribution in [0.25, 0.3) is 0 Å². The van der Waals surface area contributed by atoms with Crippen molar-refractivity contribution in [3.8, 4) is 5.75 Å². The molecule has 1 aliphatic rings. The molecule has 2 atom stereocenters. The lowest BCUT2D eigenvalue weighted by molar-refractivity contribution is 0.201. The third-order valence-corrected chi connectivity index (χ3v) is 2.84. The van der Waals surface area contributed by atoms with Gasteiger partial charge in [-0.15, -0.1) is 12.4 Å². The maximum absolute atomic E-state index is 13.7. The number of nitrogens with one attached hydrogen (secondary N) is 1. The van der Waals surface area contributed by atoms with Crippen molar-refractivity contribution in [2.75, 3.05) is 13.7 Å². The van der Waals surface area contributed by atoms with Gasteiger partial charge in [0.15, 0.2) is 0 Å². The van der Waals surface area contributed by atoms with Gasteiger partial charge in [0.2, 0.25) is 0 Å². The van der Waals surface area contributed by atoms with E-state index in [2.05, 4.69) is 5.32 Å². The number of halogens is 2. The highest BCUT2D eigenvalue weighted by atomic mass is 35.5. The molecule has 90 valence electrons. The lowest BCUT2D eigenvalue weighted by Gasteiger charge is -2.27. The molecule has 2 rings (SSSR count). The zero-order chi connectivity index (χ0) is 10.7. The zero-order valence-electron chi connectivity index (χ0n) is 9.28. The molecule has 0 aromatic heterocycles. The van der Waals surface area contributed by atoms with Crippen molar-refractivity contribution in [1.29, 1.82) is 0 Å². The van der Waals surface area contributed by atoms with Crippen molar-refractivity contribution >= 4 is 12.4 Å². The molecule has 16 heavy (non-hydrogen) atoms. The first-order chi connectivity index (χ1) is 7.31. The average Bonchev–Trinajstić information content (AvgIpc) is 2.30. The van der Waals surface area contributed by atoms with E-state index in [0.29, 0.717) is 6.42 Å². The number of piperidine rings is 1. The molecule has 0 saturated carbocycles. The Kier molecular flexibility index (Phi) is 5.03. The van der Waals surface area contributed by atoms with E-state index in [4.69, 9.17) is 4.74 Å². The Labute approximate surface area is 102 Å². The molecular formula is C12H17ClFNO. The van der Waals surface area contributed by atoms with Gasteiger partial charge in [-0.05, 0) is 37.1 Å². The van der Waals surface area contributed by atoms with Gasteiger partial charge in [0, 0.05) is 0 Å². The van der Waals surface area contributed by atoms with Crippen molar-refractivity contribution in [1.82, 2.24) is 5.32 Å². The second kappa shape index (κ2) is 6.06. The number of hydrogen-bond acceptors (Lipinski definition) is 2. The van der Waals surface area contributed by atoms with E-state index in [1.54, 1.807) is 7.11 Å². The van der Waals surface area contributed by atoms with E-state index >= 15 is 0 Å². The highest BCUT2D eigenvalue weighted by Crippen LogP contribution is 2.28. The minimum Gasteiger partial charge on any atom is -0.497 e. The molecule has 0 bridgehead atoms. The first-order valence-corrected chi connectivity index (χ1v) is 5.32. The molecule has 0 radical (unpaired) electrons. The number of ether oxygens (including phenoxy) is 1.